The number of ether oxygens (including phenoxy) is 1. The monoisotopic (exact) mass is 386 g/mol. The molecule has 0 atom stereocenters. The fraction of sp³-hybridized carbons (Fsp3) is 0.0833. The van der Waals surface area contributed by atoms with Gasteiger partial charge in [-0.25, -0.2) is 0 Å². The van der Waals surface area contributed by atoms with Crippen LogP contribution < -0.4 is 10.2 Å². The molecule has 4 rings (SSSR count). The van der Waals surface area contributed by atoms with Gasteiger partial charge in [-0.2, -0.15) is 0 Å². The third kappa shape index (κ3) is 3.89. The molecule has 0 aliphatic heterocycles. The average Bonchev–Trinajstić information content (AvgIpc) is 2.72. The van der Waals surface area contributed by atoms with E-state index in [4.69, 9.17) is 9.15 Å². The van der Waals surface area contributed by atoms with E-state index in [0.29, 0.717) is 11.3 Å². The Morgan fingerprint density at radius 1 is 1.00 bits per heavy atom. The average molecular weight is 386 g/mol. The third-order valence-electron chi connectivity index (χ3n) is 4.59. The van der Waals surface area contributed by atoms with Gasteiger partial charge in [0.05, 0.1) is 0 Å². The summed E-state index contributed by atoms with van der Waals surface area (Å²) in [5.41, 5.74) is 2.18. The number of carbonyl (C=O) groups is 1. The van der Waals surface area contributed by atoms with Crippen molar-refractivity contribution >= 4 is 16.8 Å². The number of phenolic OH excluding ortho intramolecular Hbond substituents is 1. The standard InChI is InChI=1S/C24H18O5/c1-15-7-9-16(10-8-15)21(27)14-28-18-11-19(25)24-20(26)13-22(29-23(24)12-18)17-5-3-2-4-6-17/h2-13,25H,14H2,1H3. The lowest BCUT2D eigenvalue weighted by molar-refractivity contribution is 0.0921. The molecule has 0 amide bonds. The summed E-state index contributed by atoms with van der Waals surface area (Å²) in [4.78, 5) is 24.8. The van der Waals surface area contributed by atoms with Crippen LogP contribution in [0.15, 0.2) is 82.0 Å². The summed E-state index contributed by atoms with van der Waals surface area (Å²) in [7, 11) is 0. The van der Waals surface area contributed by atoms with Crippen molar-refractivity contribution in [2.24, 2.45) is 0 Å². The number of phenols is 1. The molecule has 0 bridgehead atoms. The molecule has 0 saturated carbocycles. The zero-order chi connectivity index (χ0) is 20.4. The molecule has 0 unspecified atom stereocenters. The first-order valence-electron chi connectivity index (χ1n) is 9.10. The van der Waals surface area contributed by atoms with Crippen LogP contribution in [0, 0.1) is 6.92 Å². The van der Waals surface area contributed by atoms with Crippen molar-refractivity contribution in [1.82, 2.24) is 0 Å². The van der Waals surface area contributed by atoms with Crippen LogP contribution >= 0.6 is 0 Å². The molecule has 1 aromatic heterocycles. The van der Waals surface area contributed by atoms with Gasteiger partial charge in [0.15, 0.2) is 17.8 Å². The number of hydrogen-bond acceptors (Lipinski definition) is 5. The first-order valence-corrected chi connectivity index (χ1v) is 9.10. The summed E-state index contributed by atoms with van der Waals surface area (Å²) in [5, 5.41) is 10.4. The summed E-state index contributed by atoms with van der Waals surface area (Å²) >= 11 is 0. The number of fused-ring (bicyclic) bond motifs is 1. The Morgan fingerprint density at radius 3 is 2.45 bits per heavy atom. The van der Waals surface area contributed by atoms with Crippen LogP contribution in [0.5, 0.6) is 11.5 Å². The summed E-state index contributed by atoms with van der Waals surface area (Å²) in [6.45, 7) is 1.75. The van der Waals surface area contributed by atoms with Crippen LogP contribution in [0.3, 0.4) is 0 Å². The minimum absolute atomic E-state index is 0.0712. The number of ketones is 1. The molecule has 29 heavy (non-hydrogen) atoms. The van der Waals surface area contributed by atoms with E-state index in [0.717, 1.165) is 11.1 Å². The Hall–Kier alpha value is -3.86. The van der Waals surface area contributed by atoms with E-state index in [2.05, 4.69) is 0 Å². The fourth-order valence-corrected chi connectivity index (χ4v) is 3.04. The van der Waals surface area contributed by atoms with Gasteiger partial charge in [0.2, 0.25) is 0 Å². The highest BCUT2D eigenvalue weighted by Crippen LogP contribution is 2.31. The van der Waals surface area contributed by atoms with Crippen molar-refractivity contribution in [2.45, 2.75) is 6.92 Å². The van der Waals surface area contributed by atoms with Crippen LogP contribution in [-0.2, 0) is 0 Å². The maximum absolute atomic E-state index is 12.5. The second-order valence-corrected chi connectivity index (χ2v) is 6.73. The maximum atomic E-state index is 12.5. The maximum Gasteiger partial charge on any atom is 0.200 e. The van der Waals surface area contributed by atoms with E-state index >= 15 is 0 Å². The van der Waals surface area contributed by atoms with Gasteiger partial charge in [0.1, 0.15) is 28.2 Å². The number of benzene rings is 3. The number of hydrogen-bond donors (Lipinski definition) is 1. The molecule has 0 fully saturated rings. The van der Waals surface area contributed by atoms with E-state index in [1.54, 1.807) is 12.1 Å². The van der Waals surface area contributed by atoms with Crippen LogP contribution in [0.25, 0.3) is 22.3 Å². The number of aryl methyl sites for hydroxylation is 1. The van der Waals surface area contributed by atoms with Crippen molar-refractivity contribution in [3.63, 3.8) is 0 Å². The second kappa shape index (κ2) is 7.64. The highest BCUT2D eigenvalue weighted by molar-refractivity contribution is 5.97. The van der Waals surface area contributed by atoms with Gasteiger partial charge in [-0.1, -0.05) is 60.2 Å². The summed E-state index contributed by atoms with van der Waals surface area (Å²) in [6, 6.07) is 20.5. The Labute approximate surface area is 166 Å². The first-order chi connectivity index (χ1) is 14.0. The number of Topliss-reactive ketones (excluding diaryl/α,β-unsaturated/α-hetero) is 1. The van der Waals surface area contributed by atoms with Gasteiger partial charge in [0, 0.05) is 29.3 Å². The van der Waals surface area contributed by atoms with Crippen molar-refractivity contribution in [3.8, 4) is 22.8 Å². The molecular weight excluding hydrogens is 368 g/mol. The normalized spacial score (nSPS) is 10.8. The van der Waals surface area contributed by atoms with Crippen LogP contribution in [0.4, 0.5) is 0 Å². The molecule has 5 nitrogen and oxygen atoms in total. The number of aromatic hydroxyl groups is 1. The Balaban J connectivity index is 1.64. The third-order valence-corrected chi connectivity index (χ3v) is 4.59. The quantitative estimate of drug-likeness (QED) is 0.502. The molecule has 0 aliphatic rings. The first kappa shape index (κ1) is 18.5. The van der Waals surface area contributed by atoms with Gasteiger partial charge in [0.25, 0.3) is 0 Å². The second-order valence-electron chi connectivity index (χ2n) is 6.73. The highest BCUT2D eigenvalue weighted by atomic mass is 16.5. The smallest absolute Gasteiger partial charge is 0.200 e. The van der Waals surface area contributed by atoms with Gasteiger partial charge in [-0.15, -0.1) is 0 Å². The predicted molar refractivity (Wildman–Crippen MR) is 111 cm³/mol. The lowest BCUT2D eigenvalue weighted by Crippen LogP contribution is -2.11. The molecule has 0 saturated heterocycles. The molecule has 5 heteroatoms. The molecule has 1 N–H and O–H groups in total. The van der Waals surface area contributed by atoms with Gasteiger partial charge in [-0.3, -0.25) is 9.59 Å². The van der Waals surface area contributed by atoms with Gasteiger partial charge in [-0.05, 0) is 6.92 Å². The van der Waals surface area contributed by atoms with Crippen LogP contribution in [0.2, 0.25) is 0 Å². The molecule has 0 spiro atoms. The Kier molecular flexibility index (Phi) is 4.87. The predicted octanol–water partition coefficient (Wildman–Crippen LogP) is 4.74. The van der Waals surface area contributed by atoms with Crippen molar-refractivity contribution in [3.05, 3.63) is 94.1 Å². The highest BCUT2D eigenvalue weighted by Gasteiger charge is 2.14. The molecule has 3 aromatic carbocycles. The van der Waals surface area contributed by atoms with E-state index in [1.165, 1.54) is 18.2 Å². The van der Waals surface area contributed by atoms with Crippen LogP contribution in [0.1, 0.15) is 15.9 Å². The Morgan fingerprint density at radius 2 is 1.72 bits per heavy atom. The number of carbonyl (C=O) groups excluding carboxylic acids is 1. The van der Waals surface area contributed by atoms with E-state index in [9.17, 15) is 14.7 Å². The lowest BCUT2D eigenvalue weighted by atomic mass is 10.1. The SMILES string of the molecule is Cc1ccc(C(=O)COc2cc(O)c3c(=O)cc(-c4ccccc4)oc3c2)cc1. The molecule has 4 aromatic rings. The minimum Gasteiger partial charge on any atom is -0.507 e. The van der Waals surface area contributed by atoms with E-state index < -0.39 is 0 Å². The van der Waals surface area contributed by atoms with Crippen molar-refractivity contribution < 1.29 is 19.1 Å². The van der Waals surface area contributed by atoms with Crippen molar-refractivity contribution in [2.75, 3.05) is 6.61 Å². The summed E-state index contributed by atoms with van der Waals surface area (Å²) in [5.74, 6) is 0.178. The molecule has 144 valence electrons. The molecule has 0 aliphatic carbocycles. The molecule has 1 heterocycles. The molecular formula is C24H18O5. The number of rotatable bonds is 5. The van der Waals surface area contributed by atoms with E-state index in [1.807, 2.05) is 49.4 Å². The fourth-order valence-electron chi connectivity index (χ4n) is 3.04. The van der Waals surface area contributed by atoms with Gasteiger partial charge >= 0.3 is 0 Å². The van der Waals surface area contributed by atoms with Gasteiger partial charge < -0.3 is 14.3 Å². The summed E-state index contributed by atoms with van der Waals surface area (Å²) in [6.07, 6.45) is 0. The van der Waals surface area contributed by atoms with E-state index in [-0.39, 0.29) is 40.3 Å². The Bertz CT molecular complexity index is 1240. The topological polar surface area (TPSA) is 76.7 Å². The zero-order valence-corrected chi connectivity index (χ0v) is 15.7. The summed E-state index contributed by atoms with van der Waals surface area (Å²) < 4.78 is 11.4. The molecule has 0 radical (unpaired) electrons. The minimum atomic E-state index is -0.357. The largest absolute Gasteiger partial charge is 0.507 e. The van der Waals surface area contributed by atoms with Crippen molar-refractivity contribution in [1.29, 1.82) is 0 Å². The lowest BCUT2D eigenvalue weighted by Gasteiger charge is -2.09. The van der Waals surface area contributed by atoms with Crippen LogP contribution in [-0.4, -0.2) is 17.5 Å². The zero-order valence-electron chi connectivity index (χ0n) is 15.7.